The molecule has 0 aromatic heterocycles. The zero-order chi connectivity index (χ0) is 11.1. The molecule has 0 aliphatic heterocycles. The van der Waals surface area contributed by atoms with Crippen molar-refractivity contribution in [3.05, 3.63) is 36.1 Å². The minimum Gasteiger partial charge on any atom is -0.478 e. The van der Waals surface area contributed by atoms with Gasteiger partial charge in [0.2, 0.25) is 5.90 Å². The number of aliphatic imine (C=N–C) groups is 1. The lowest BCUT2D eigenvalue weighted by atomic mass is 10.0. The fourth-order valence-corrected chi connectivity index (χ4v) is 0.817. The smallest absolute Gasteiger partial charge is 0.215 e. The zero-order valence-corrected chi connectivity index (χ0v) is 8.76. The van der Waals surface area contributed by atoms with Crippen LogP contribution in [0.5, 0.6) is 0 Å². The zero-order valence-electron chi connectivity index (χ0n) is 8.76. The Morgan fingerprint density at radius 3 is 2.43 bits per heavy atom. The Balaban J connectivity index is 4.87. The molecular weight excluding hydrogens is 176 g/mol. The summed E-state index contributed by atoms with van der Waals surface area (Å²) < 4.78 is 5.05. The second-order valence-corrected chi connectivity index (χ2v) is 2.75. The number of hydrogen-bond donors (Lipinski definition) is 1. The average Bonchev–Trinajstić information content (AvgIpc) is 2.13. The molecule has 0 saturated heterocycles. The van der Waals surface area contributed by atoms with Crippen molar-refractivity contribution in [1.82, 2.24) is 0 Å². The van der Waals surface area contributed by atoms with Crippen LogP contribution in [0.25, 0.3) is 0 Å². The van der Waals surface area contributed by atoms with Crippen LogP contribution in [0, 0.1) is 5.41 Å². The van der Waals surface area contributed by atoms with E-state index in [2.05, 4.69) is 24.9 Å². The van der Waals surface area contributed by atoms with E-state index in [1.165, 1.54) is 6.20 Å². The third kappa shape index (κ3) is 3.39. The maximum atomic E-state index is 7.59. The van der Waals surface area contributed by atoms with Crippen molar-refractivity contribution in [2.24, 2.45) is 4.99 Å². The van der Waals surface area contributed by atoms with Crippen molar-refractivity contribution < 1.29 is 4.74 Å². The quantitative estimate of drug-likeness (QED) is 0.406. The molecule has 0 radical (unpaired) electrons. The summed E-state index contributed by atoms with van der Waals surface area (Å²) in [6.07, 6.45) is 1.45. The van der Waals surface area contributed by atoms with E-state index < -0.39 is 0 Å². The summed E-state index contributed by atoms with van der Waals surface area (Å²) in [6.45, 7) is 15.0. The Bertz CT molecular complexity index is 300. The van der Waals surface area contributed by atoms with E-state index in [9.17, 15) is 0 Å². The van der Waals surface area contributed by atoms with Gasteiger partial charge in [0.1, 0.15) is 0 Å². The fourth-order valence-electron chi connectivity index (χ4n) is 0.817. The topological polar surface area (TPSA) is 45.4 Å². The maximum Gasteiger partial charge on any atom is 0.215 e. The second kappa shape index (κ2) is 5.91. The largest absolute Gasteiger partial charge is 0.478 e. The normalized spacial score (nSPS) is 10.6. The highest BCUT2D eigenvalue weighted by molar-refractivity contribution is 5.96. The molecule has 0 spiro atoms. The van der Waals surface area contributed by atoms with Crippen LogP contribution in [0.2, 0.25) is 0 Å². The van der Waals surface area contributed by atoms with E-state index in [1.807, 2.05) is 13.8 Å². The van der Waals surface area contributed by atoms with E-state index in [0.717, 1.165) is 5.57 Å². The molecule has 0 bridgehead atoms. The first-order valence-corrected chi connectivity index (χ1v) is 4.27. The Morgan fingerprint density at radius 1 is 1.50 bits per heavy atom. The van der Waals surface area contributed by atoms with Gasteiger partial charge in [0.25, 0.3) is 0 Å². The third-order valence-corrected chi connectivity index (χ3v) is 1.59. The summed E-state index contributed by atoms with van der Waals surface area (Å²) in [5.74, 6) is 0.0490. The van der Waals surface area contributed by atoms with Crippen molar-refractivity contribution >= 4 is 12.6 Å². The molecule has 0 aromatic carbocycles. The van der Waals surface area contributed by atoms with Gasteiger partial charge in [0.05, 0.1) is 12.2 Å². The summed E-state index contributed by atoms with van der Waals surface area (Å²) in [5.41, 5.74) is 1.95. The van der Waals surface area contributed by atoms with E-state index in [0.29, 0.717) is 17.8 Å². The van der Waals surface area contributed by atoms with Gasteiger partial charge in [-0.1, -0.05) is 18.7 Å². The molecule has 3 heteroatoms. The lowest BCUT2D eigenvalue weighted by Crippen LogP contribution is -2.08. The molecule has 0 amide bonds. The summed E-state index contributed by atoms with van der Waals surface area (Å²) in [7, 11) is 0. The minimum atomic E-state index is 0.0490. The average molecular weight is 192 g/mol. The lowest BCUT2D eigenvalue weighted by Gasteiger charge is -2.10. The first-order valence-electron chi connectivity index (χ1n) is 4.27. The number of ether oxygens (including phenoxy) is 1. The Morgan fingerprint density at radius 2 is 2.07 bits per heavy atom. The van der Waals surface area contributed by atoms with Gasteiger partial charge in [-0.25, -0.2) is 0 Å². The van der Waals surface area contributed by atoms with Gasteiger partial charge in [0.15, 0.2) is 0 Å². The Kier molecular flexibility index (Phi) is 5.22. The summed E-state index contributed by atoms with van der Waals surface area (Å²) in [5, 5.41) is 7.59. The maximum absolute atomic E-state index is 7.59. The SMILES string of the molecule is C=N/C=C(\C(=C)C(=C)C)C(=N)OCC. The molecule has 0 fully saturated rings. The van der Waals surface area contributed by atoms with Crippen molar-refractivity contribution in [2.75, 3.05) is 6.61 Å². The van der Waals surface area contributed by atoms with Crippen LogP contribution in [0.15, 0.2) is 41.1 Å². The summed E-state index contributed by atoms with van der Waals surface area (Å²) >= 11 is 0. The van der Waals surface area contributed by atoms with E-state index in [-0.39, 0.29) is 5.90 Å². The van der Waals surface area contributed by atoms with Crippen LogP contribution in [0.4, 0.5) is 0 Å². The monoisotopic (exact) mass is 192 g/mol. The molecule has 0 saturated carbocycles. The highest BCUT2D eigenvalue weighted by Gasteiger charge is 2.10. The van der Waals surface area contributed by atoms with Crippen LogP contribution in [-0.4, -0.2) is 19.2 Å². The van der Waals surface area contributed by atoms with E-state index in [1.54, 1.807) is 0 Å². The van der Waals surface area contributed by atoms with E-state index in [4.69, 9.17) is 10.1 Å². The number of hydrogen-bond acceptors (Lipinski definition) is 3. The minimum absolute atomic E-state index is 0.0490. The first-order chi connectivity index (χ1) is 6.54. The van der Waals surface area contributed by atoms with Gasteiger partial charge >= 0.3 is 0 Å². The third-order valence-electron chi connectivity index (χ3n) is 1.59. The van der Waals surface area contributed by atoms with Gasteiger partial charge < -0.3 is 4.74 Å². The number of allylic oxidation sites excluding steroid dienone is 1. The molecule has 0 rings (SSSR count). The van der Waals surface area contributed by atoms with Gasteiger partial charge in [-0.05, 0) is 26.1 Å². The molecule has 0 aliphatic rings. The molecule has 0 aliphatic carbocycles. The molecule has 14 heavy (non-hydrogen) atoms. The molecule has 0 heterocycles. The van der Waals surface area contributed by atoms with Crippen LogP contribution >= 0.6 is 0 Å². The van der Waals surface area contributed by atoms with Crippen molar-refractivity contribution in [1.29, 1.82) is 5.41 Å². The predicted molar refractivity (Wildman–Crippen MR) is 60.9 cm³/mol. The number of nitrogens with one attached hydrogen (secondary N) is 1. The standard InChI is InChI=1S/C11H16N2O/c1-6-14-11(12)10(7-13-5)9(4)8(2)3/h7,12H,2,4-6H2,1,3H3/b10-7+,12-11?. The molecule has 1 N–H and O–H groups in total. The summed E-state index contributed by atoms with van der Waals surface area (Å²) in [4.78, 5) is 3.61. The molecule has 76 valence electrons. The number of rotatable bonds is 5. The van der Waals surface area contributed by atoms with Crippen LogP contribution < -0.4 is 0 Å². The van der Waals surface area contributed by atoms with Crippen LogP contribution in [0.1, 0.15) is 13.8 Å². The fraction of sp³-hybridized carbons (Fsp3) is 0.273. The van der Waals surface area contributed by atoms with Crippen LogP contribution in [-0.2, 0) is 4.74 Å². The predicted octanol–water partition coefficient (Wildman–Crippen LogP) is 2.72. The van der Waals surface area contributed by atoms with Crippen molar-refractivity contribution in [2.45, 2.75) is 13.8 Å². The van der Waals surface area contributed by atoms with E-state index >= 15 is 0 Å². The highest BCUT2D eigenvalue weighted by atomic mass is 16.5. The molecule has 0 unspecified atom stereocenters. The first kappa shape index (κ1) is 12.4. The Hall–Kier alpha value is -1.64. The molecule has 0 atom stereocenters. The molecule has 3 nitrogen and oxygen atoms in total. The number of nitrogens with zero attached hydrogens (tertiary/aromatic N) is 1. The van der Waals surface area contributed by atoms with Crippen molar-refractivity contribution in [3.8, 4) is 0 Å². The molecular formula is C11H16N2O. The lowest BCUT2D eigenvalue weighted by molar-refractivity contribution is 0.325. The van der Waals surface area contributed by atoms with Gasteiger partial charge in [0, 0.05) is 6.20 Å². The highest BCUT2D eigenvalue weighted by Crippen LogP contribution is 2.17. The second-order valence-electron chi connectivity index (χ2n) is 2.75. The van der Waals surface area contributed by atoms with Crippen LogP contribution in [0.3, 0.4) is 0 Å². The van der Waals surface area contributed by atoms with Crippen molar-refractivity contribution in [3.63, 3.8) is 0 Å². The van der Waals surface area contributed by atoms with Gasteiger partial charge in [-0.15, -0.1) is 0 Å². The van der Waals surface area contributed by atoms with Gasteiger partial charge in [-0.3, -0.25) is 10.4 Å². The molecule has 0 aromatic rings. The summed E-state index contributed by atoms with van der Waals surface area (Å²) in [6, 6.07) is 0. The Labute approximate surface area is 85.0 Å². The van der Waals surface area contributed by atoms with Gasteiger partial charge in [-0.2, -0.15) is 0 Å².